The number of hydrazine groups is 1. The van der Waals surface area contributed by atoms with E-state index in [0.717, 1.165) is 43.6 Å². The van der Waals surface area contributed by atoms with Crippen LogP contribution in [0.25, 0.3) is 23.0 Å². The van der Waals surface area contributed by atoms with Gasteiger partial charge in [-0.1, -0.05) is 47.7 Å². The standard InChI is InChI=1S/C28H21BrN4O3S2/c1-17-8-10-18(11-9-17)26(34)31-33-27(35)24(38-28(33)37)15-20-16-32(21-6-4-3-5-7-21)30-25(20)19-12-13-23(36-2)22(29)14-19/h3-16H,1-2H3,(H,31,34). The smallest absolute Gasteiger partial charge is 0.285 e. The predicted molar refractivity (Wildman–Crippen MR) is 157 cm³/mol. The van der Waals surface area contributed by atoms with Crippen molar-refractivity contribution >= 4 is 62.1 Å². The summed E-state index contributed by atoms with van der Waals surface area (Å²) in [5.41, 5.74) is 7.20. The maximum atomic E-state index is 13.3. The van der Waals surface area contributed by atoms with Gasteiger partial charge in [-0.2, -0.15) is 10.1 Å². The Morgan fingerprint density at radius 3 is 2.53 bits per heavy atom. The second kappa shape index (κ2) is 10.9. The lowest BCUT2D eigenvalue weighted by atomic mass is 10.1. The van der Waals surface area contributed by atoms with E-state index in [1.165, 1.54) is 0 Å². The lowest BCUT2D eigenvalue weighted by Gasteiger charge is -2.15. The number of benzene rings is 3. The highest BCUT2D eigenvalue weighted by Crippen LogP contribution is 2.36. The first kappa shape index (κ1) is 25.9. The van der Waals surface area contributed by atoms with Crippen molar-refractivity contribution in [3.63, 3.8) is 0 Å². The molecular formula is C28H21BrN4O3S2. The van der Waals surface area contributed by atoms with Crippen molar-refractivity contribution in [2.45, 2.75) is 6.92 Å². The van der Waals surface area contributed by atoms with Gasteiger partial charge in [-0.3, -0.25) is 15.0 Å². The van der Waals surface area contributed by atoms with E-state index in [2.05, 4.69) is 21.4 Å². The maximum Gasteiger partial charge on any atom is 0.285 e. The molecule has 4 aromatic rings. The minimum Gasteiger partial charge on any atom is -0.496 e. The molecule has 190 valence electrons. The van der Waals surface area contributed by atoms with Crippen LogP contribution in [0.4, 0.5) is 0 Å². The van der Waals surface area contributed by atoms with Gasteiger partial charge in [0, 0.05) is 22.9 Å². The third kappa shape index (κ3) is 5.28. The minimum absolute atomic E-state index is 0.242. The van der Waals surface area contributed by atoms with Gasteiger partial charge in [0.15, 0.2) is 4.32 Å². The summed E-state index contributed by atoms with van der Waals surface area (Å²) in [7, 11) is 1.61. The Kier molecular flexibility index (Phi) is 7.46. The molecule has 5 rings (SSSR count). The summed E-state index contributed by atoms with van der Waals surface area (Å²) in [5.74, 6) is -0.124. The highest BCUT2D eigenvalue weighted by molar-refractivity contribution is 9.10. The largest absolute Gasteiger partial charge is 0.496 e. The molecular weight excluding hydrogens is 584 g/mol. The molecule has 0 aliphatic carbocycles. The van der Waals surface area contributed by atoms with Crippen LogP contribution in [0.15, 0.2) is 88.4 Å². The predicted octanol–water partition coefficient (Wildman–Crippen LogP) is 6.17. The first-order valence-electron chi connectivity index (χ1n) is 11.5. The Labute approximate surface area is 237 Å². The number of carbonyl (C=O) groups is 2. The fourth-order valence-corrected chi connectivity index (χ4v) is 5.53. The molecule has 1 fully saturated rings. The number of nitrogens with one attached hydrogen (secondary N) is 1. The van der Waals surface area contributed by atoms with Crippen LogP contribution >= 0.6 is 39.9 Å². The average Bonchev–Trinajstić information content (AvgIpc) is 3.46. The van der Waals surface area contributed by atoms with E-state index in [9.17, 15) is 9.59 Å². The van der Waals surface area contributed by atoms with Gasteiger partial charge in [-0.15, -0.1) is 0 Å². The Morgan fingerprint density at radius 1 is 1.11 bits per heavy atom. The summed E-state index contributed by atoms with van der Waals surface area (Å²) >= 11 is 10.1. The number of halogens is 1. The van der Waals surface area contributed by atoms with Crippen LogP contribution in [0.5, 0.6) is 5.75 Å². The fraction of sp³-hybridized carbons (Fsp3) is 0.0714. The Bertz CT molecular complexity index is 1580. The number of para-hydroxylation sites is 1. The molecule has 0 atom stereocenters. The molecule has 0 saturated carbocycles. The van der Waals surface area contributed by atoms with E-state index in [-0.39, 0.29) is 4.32 Å². The Hall–Kier alpha value is -3.73. The monoisotopic (exact) mass is 604 g/mol. The van der Waals surface area contributed by atoms with E-state index in [0.29, 0.717) is 21.9 Å². The van der Waals surface area contributed by atoms with Crippen molar-refractivity contribution in [3.05, 3.63) is 105 Å². The molecule has 2 heterocycles. The van der Waals surface area contributed by atoms with Gasteiger partial charge in [0.05, 0.1) is 22.2 Å². The van der Waals surface area contributed by atoms with E-state index in [4.69, 9.17) is 22.1 Å². The van der Waals surface area contributed by atoms with Gasteiger partial charge in [-0.05, 0) is 83.6 Å². The molecule has 1 saturated heterocycles. The summed E-state index contributed by atoms with van der Waals surface area (Å²) < 4.78 is 8.15. The molecule has 3 aromatic carbocycles. The van der Waals surface area contributed by atoms with Gasteiger partial charge in [0.2, 0.25) is 0 Å². The lowest BCUT2D eigenvalue weighted by molar-refractivity contribution is -0.123. The van der Waals surface area contributed by atoms with Crippen LogP contribution in [-0.4, -0.2) is 38.0 Å². The van der Waals surface area contributed by atoms with Crippen LogP contribution in [-0.2, 0) is 4.79 Å². The zero-order valence-corrected chi connectivity index (χ0v) is 23.6. The summed E-state index contributed by atoms with van der Waals surface area (Å²) in [6.45, 7) is 1.94. The molecule has 0 spiro atoms. The Balaban J connectivity index is 1.49. The quantitative estimate of drug-likeness (QED) is 0.210. The number of thioether (sulfide) groups is 1. The van der Waals surface area contributed by atoms with E-state index in [1.807, 2.05) is 73.8 Å². The molecule has 38 heavy (non-hydrogen) atoms. The molecule has 0 radical (unpaired) electrons. The highest BCUT2D eigenvalue weighted by atomic mass is 79.9. The molecule has 1 N–H and O–H groups in total. The van der Waals surface area contributed by atoms with Crippen molar-refractivity contribution in [2.75, 3.05) is 7.11 Å². The molecule has 1 aromatic heterocycles. The molecule has 2 amide bonds. The molecule has 0 bridgehead atoms. The number of amides is 2. The number of hydrogen-bond donors (Lipinski definition) is 1. The van der Waals surface area contributed by atoms with Gasteiger partial charge >= 0.3 is 0 Å². The number of aromatic nitrogens is 2. The fourth-order valence-electron chi connectivity index (χ4n) is 3.82. The van der Waals surface area contributed by atoms with Crippen LogP contribution < -0.4 is 10.2 Å². The van der Waals surface area contributed by atoms with Crippen molar-refractivity contribution in [1.29, 1.82) is 0 Å². The second-order valence-corrected chi connectivity index (χ2v) is 10.9. The summed E-state index contributed by atoms with van der Waals surface area (Å²) in [5, 5.41) is 5.93. The maximum absolute atomic E-state index is 13.3. The van der Waals surface area contributed by atoms with Crippen LogP contribution in [0.3, 0.4) is 0 Å². The first-order chi connectivity index (χ1) is 18.3. The minimum atomic E-state index is -0.414. The van der Waals surface area contributed by atoms with Gasteiger partial charge < -0.3 is 4.74 Å². The molecule has 1 aliphatic rings. The van der Waals surface area contributed by atoms with Gasteiger partial charge in [0.25, 0.3) is 11.8 Å². The summed E-state index contributed by atoms with van der Waals surface area (Å²) in [6, 6.07) is 22.5. The zero-order chi connectivity index (χ0) is 26.8. The number of hydrogen-bond acceptors (Lipinski definition) is 6. The third-order valence-electron chi connectivity index (χ3n) is 5.80. The second-order valence-electron chi connectivity index (χ2n) is 8.39. The number of nitrogens with zero attached hydrogens (tertiary/aromatic N) is 3. The average molecular weight is 606 g/mol. The van der Waals surface area contributed by atoms with Crippen molar-refractivity contribution in [1.82, 2.24) is 20.2 Å². The Morgan fingerprint density at radius 2 is 1.84 bits per heavy atom. The van der Waals surface area contributed by atoms with E-state index in [1.54, 1.807) is 30.0 Å². The normalized spacial score (nSPS) is 14.3. The number of methoxy groups -OCH3 is 1. The van der Waals surface area contributed by atoms with Gasteiger partial charge in [0.1, 0.15) is 11.4 Å². The zero-order valence-electron chi connectivity index (χ0n) is 20.3. The van der Waals surface area contributed by atoms with Crippen molar-refractivity contribution in [2.24, 2.45) is 0 Å². The molecule has 7 nitrogen and oxygen atoms in total. The summed E-state index contributed by atoms with van der Waals surface area (Å²) in [6.07, 6.45) is 3.61. The van der Waals surface area contributed by atoms with E-state index < -0.39 is 11.8 Å². The lowest BCUT2D eigenvalue weighted by Crippen LogP contribution is -2.44. The number of rotatable bonds is 6. The number of carbonyl (C=O) groups excluding carboxylic acids is 2. The van der Waals surface area contributed by atoms with Gasteiger partial charge in [-0.25, -0.2) is 4.68 Å². The molecule has 1 aliphatic heterocycles. The topological polar surface area (TPSA) is 76.5 Å². The molecule has 10 heteroatoms. The van der Waals surface area contributed by atoms with E-state index >= 15 is 0 Å². The number of thiocarbonyl (C=S) groups is 1. The number of ether oxygens (including phenoxy) is 1. The first-order valence-corrected chi connectivity index (χ1v) is 13.5. The molecule has 0 unspecified atom stereocenters. The third-order valence-corrected chi connectivity index (χ3v) is 7.72. The number of aryl methyl sites for hydroxylation is 1. The van der Waals surface area contributed by atoms with Crippen LogP contribution in [0.1, 0.15) is 21.5 Å². The van der Waals surface area contributed by atoms with Crippen LogP contribution in [0, 0.1) is 6.92 Å². The van der Waals surface area contributed by atoms with Crippen molar-refractivity contribution in [3.8, 4) is 22.7 Å². The van der Waals surface area contributed by atoms with Crippen molar-refractivity contribution < 1.29 is 14.3 Å². The SMILES string of the molecule is COc1ccc(-c2nn(-c3ccccc3)cc2C=C2SC(=S)N(NC(=O)c3ccc(C)cc3)C2=O)cc1Br. The van der Waals surface area contributed by atoms with Crippen LogP contribution in [0.2, 0.25) is 0 Å². The summed E-state index contributed by atoms with van der Waals surface area (Å²) in [4.78, 5) is 26.4. The highest BCUT2D eigenvalue weighted by Gasteiger charge is 2.34.